The molecule has 3 nitrogen and oxygen atoms in total. The summed E-state index contributed by atoms with van der Waals surface area (Å²) in [6.07, 6.45) is 2.66. The van der Waals surface area contributed by atoms with Crippen LogP contribution in [0.5, 0.6) is 0 Å². The van der Waals surface area contributed by atoms with E-state index in [4.69, 9.17) is 10.5 Å². The molecule has 1 fully saturated rings. The van der Waals surface area contributed by atoms with Crippen LogP contribution < -0.4 is 11.1 Å². The topological polar surface area (TPSA) is 47.3 Å². The van der Waals surface area contributed by atoms with Crippen molar-refractivity contribution in [2.24, 2.45) is 5.92 Å². The van der Waals surface area contributed by atoms with Crippen LogP contribution in [0.4, 0.5) is 11.4 Å². The summed E-state index contributed by atoms with van der Waals surface area (Å²) in [6.45, 7) is 4.04. The van der Waals surface area contributed by atoms with E-state index in [9.17, 15) is 0 Å². The van der Waals surface area contributed by atoms with Gasteiger partial charge in [0, 0.05) is 34.9 Å². The van der Waals surface area contributed by atoms with E-state index in [0.29, 0.717) is 12.0 Å². The van der Waals surface area contributed by atoms with Crippen LogP contribution in [0.1, 0.15) is 19.8 Å². The van der Waals surface area contributed by atoms with Gasteiger partial charge in [-0.1, -0.05) is 6.92 Å². The van der Waals surface area contributed by atoms with Crippen LogP contribution in [0.15, 0.2) is 22.7 Å². The van der Waals surface area contributed by atoms with E-state index in [0.717, 1.165) is 41.8 Å². The molecule has 2 rings (SSSR count). The highest BCUT2D eigenvalue weighted by Crippen LogP contribution is 2.27. The Morgan fingerprint density at radius 3 is 3.06 bits per heavy atom. The third-order valence-electron chi connectivity index (χ3n) is 3.30. The summed E-state index contributed by atoms with van der Waals surface area (Å²) in [5.41, 5.74) is 7.59. The predicted octanol–water partition coefficient (Wildman–Crippen LogP) is 3.26. The zero-order chi connectivity index (χ0) is 12.3. The molecule has 4 heteroatoms. The average molecular weight is 299 g/mol. The molecule has 1 heterocycles. The number of nitrogens with two attached hydrogens (primary N) is 1. The van der Waals surface area contributed by atoms with Gasteiger partial charge in [-0.25, -0.2) is 0 Å². The van der Waals surface area contributed by atoms with Crippen LogP contribution in [-0.4, -0.2) is 19.3 Å². The van der Waals surface area contributed by atoms with Crippen LogP contribution in [0.3, 0.4) is 0 Å². The van der Waals surface area contributed by atoms with Crippen molar-refractivity contribution in [3.8, 4) is 0 Å². The minimum absolute atomic E-state index is 0.412. The second kappa shape index (κ2) is 5.74. The lowest BCUT2D eigenvalue weighted by atomic mass is 9.99. The number of anilines is 2. The summed E-state index contributed by atoms with van der Waals surface area (Å²) in [6, 6.07) is 5.84. The number of hydrogen-bond acceptors (Lipinski definition) is 3. The fraction of sp³-hybridized carbons (Fsp3) is 0.538. The van der Waals surface area contributed by atoms with Gasteiger partial charge in [0.25, 0.3) is 0 Å². The Balaban J connectivity index is 1.93. The van der Waals surface area contributed by atoms with Crippen LogP contribution in [0, 0.1) is 5.92 Å². The summed E-state index contributed by atoms with van der Waals surface area (Å²) >= 11 is 3.52. The van der Waals surface area contributed by atoms with Crippen molar-refractivity contribution in [1.29, 1.82) is 0 Å². The Morgan fingerprint density at radius 2 is 2.35 bits per heavy atom. The molecule has 3 N–H and O–H groups in total. The standard InChI is InChI=1S/C13H19BrN2O/c1-2-13-9(5-6-17-13)8-16-12-4-3-10(15)7-11(12)14/h3-4,7,9,13,16H,2,5-6,8,15H2,1H3. The Morgan fingerprint density at radius 1 is 1.53 bits per heavy atom. The molecule has 0 amide bonds. The minimum atomic E-state index is 0.412. The number of nitrogens with one attached hydrogen (secondary N) is 1. The molecule has 0 aromatic heterocycles. The van der Waals surface area contributed by atoms with Crippen molar-refractivity contribution in [3.05, 3.63) is 22.7 Å². The average Bonchev–Trinajstić information content (AvgIpc) is 2.75. The normalized spacial score (nSPS) is 23.9. The van der Waals surface area contributed by atoms with Crippen LogP contribution in [-0.2, 0) is 4.74 Å². The number of benzene rings is 1. The first kappa shape index (κ1) is 12.7. The van der Waals surface area contributed by atoms with Gasteiger partial charge in [-0.15, -0.1) is 0 Å². The second-order valence-corrected chi connectivity index (χ2v) is 5.34. The number of hydrogen-bond donors (Lipinski definition) is 2. The zero-order valence-corrected chi connectivity index (χ0v) is 11.7. The fourth-order valence-electron chi connectivity index (χ4n) is 2.29. The summed E-state index contributed by atoms with van der Waals surface area (Å²) < 4.78 is 6.70. The molecular formula is C13H19BrN2O. The first-order chi connectivity index (χ1) is 8.20. The molecule has 1 aromatic carbocycles. The Labute approximate surface area is 111 Å². The lowest BCUT2D eigenvalue weighted by molar-refractivity contribution is 0.0900. The van der Waals surface area contributed by atoms with Gasteiger partial charge in [0.1, 0.15) is 0 Å². The number of rotatable bonds is 4. The highest BCUT2D eigenvalue weighted by atomic mass is 79.9. The quantitative estimate of drug-likeness (QED) is 0.839. The summed E-state index contributed by atoms with van der Waals surface area (Å²) in [4.78, 5) is 0. The highest BCUT2D eigenvalue weighted by Gasteiger charge is 2.26. The van der Waals surface area contributed by atoms with Gasteiger partial charge in [0.05, 0.1) is 6.10 Å². The lowest BCUT2D eigenvalue weighted by Gasteiger charge is -2.18. The molecule has 0 aliphatic carbocycles. The van der Waals surface area contributed by atoms with Crippen molar-refractivity contribution in [2.75, 3.05) is 24.2 Å². The molecule has 1 saturated heterocycles. The second-order valence-electron chi connectivity index (χ2n) is 4.49. The summed E-state index contributed by atoms with van der Waals surface area (Å²) in [5, 5.41) is 3.46. The molecule has 0 spiro atoms. The molecule has 0 radical (unpaired) electrons. The van der Waals surface area contributed by atoms with Crippen LogP contribution in [0.25, 0.3) is 0 Å². The number of halogens is 1. The summed E-state index contributed by atoms with van der Waals surface area (Å²) in [7, 11) is 0. The van der Waals surface area contributed by atoms with E-state index in [1.165, 1.54) is 0 Å². The van der Waals surface area contributed by atoms with Crippen LogP contribution in [0.2, 0.25) is 0 Å². The van der Waals surface area contributed by atoms with Crippen molar-refractivity contribution in [1.82, 2.24) is 0 Å². The molecule has 17 heavy (non-hydrogen) atoms. The molecule has 94 valence electrons. The maximum absolute atomic E-state index is 5.71. The minimum Gasteiger partial charge on any atom is -0.399 e. The van der Waals surface area contributed by atoms with Gasteiger partial charge >= 0.3 is 0 Å². The van der Waals surface area contributed by atoms with Crippen molar-refractivity contribution in [3.63, 3.8) is 0 Å². The number of ether oxygens (including phenoxy) is 1. The Bertz CT molecular complexity index is 384. The van der Waals surface area contributed by atoms with Gasteiger partial charge in [-0.05, 0) is 47.0 Å². The molecular weight excluding hydrogens is 280 g/mol. The van der Waals surface area contributed by atoms with Gasteiger partial charge < -0.3 is 15.8 Å². The lowest BCUT2D eigenvalue weighted by Crippen LogP contribution is -2.22. The van der Waals surface area contributed by atoms with Gasteiger partial charge in [0.2, 0.25) is 0 Å². The molecule has 2 unspecified atom stereocenters. The largest absolute Gasteiger partial charge is 0.399 e. The van der Waals surface area contributed by atoms with Gasteiger partial charge in [-0.2, -0.15) is 0 Å². The predicted molar refractivity (Wildman–Crippen MR) is 75.2 cm³/mol. The maximum Gasteiger partial charge on any atom is 0.0618 e. The van der Waals surface area contributed by atoms with E-state index in [1.807, 2.05) is 18.2 Å². The van der Waals surface area contributed by atoms with E-state index in [-0.39, 0.29) is 0 Å². The SMILES string of the molecule is CCC1OCCC1CNc1ccc(N)cc1Br. The third-order valence-corrected chi connectivity index (χ3v) is 3.95. The molecule has 2 atom stereocenters. The van der Waals surface area contributed by atoms with E-state index >= 15 is 0 Å². The van der Waals surface area contributed by atoms with E-state index in [2.05, 4.69) is 28.2 Å². The molecule has 1 aromatic rings. The molecule has 0 saturated carbocycles. The molecule has 1 aliphatic heterocycles. The first-order valence-electron chi connectivity index (χ1n) is 6.11. The van der Waals surface area contributed by atoms with Crippen LogP contribution >= 0.6 is 15.9 Å². The van der Waals surface area contributed by atoms with Crippen molar-refractivity contribution in [2.45, 2.75) is 25.9 Å². The molecule has 0 bridgehead atoms. The zero-order valence-electron chi connectivity index (χ0n) is 10.1. The monoisotopic (exact) mass is 298 g/mol. The van der Waals surface area contributed by atoms with E-state index in [1.54, 1.807) is 0 Å². The first-order valence-corrected chi connectivity index (χ1v) is 6.90. The number of nitrogen functional groups attached to an aromatic ring is 1. The maximum atomic E-state index is 5.71. The van der Waals surface area contributed by atoms with Crippen molar-refractivity contribution < 1.29 is 4.74 Å². The van der Waals surface area contributed by atoms with Crippen molar-refractivity contribution >= 4 is 27.3 Å². The molecule has 1 aliphatic rings. The highest BCUT2D eigenvalue weighted by molar-refractivity contribution is 9.10. The van der Waals surface area contributed by atoms with E-state index < -0.39 is 0 Å². The fourth-order valence-corrected chi connectivity index (χ4v) is 2.83. The third kappa shape index (κ3) is 3.13. The Kier molecular flexibility index (Phi) is 4.29. The summed E-state index contributed by atoms with van der Waals surface area (Å²) in [5.74, 6) is 0.615. The smallest absolute Gasteiger partial charge is 0.0618 e. The van der Waals surface area contributed by atoms with Gasteiger partial charge in [0.15, 0.2) is 0 Å². The van der Waals surface area contributed by atoms with Gasteiger partial charge in [-0.3, -0.25) is 0 Å². The Hall–Kier alpha value is -0.740.